The molecule has 0 atom stereocenters. The third kappa shape index (κ3) is 9.28. The van der Waals surface area contributed by atoms with E-state index in [1.54, 1.807) is 58.9 Å². The minimum atomic E-state index is -0.759. The molecular weight excluding hydrogens is 700 g/mol. The molecule has 3 aromatic heterocycles. The largest absolute Gasteiger partial charge is 0.336 e. The van der Waals surface area contributed by atoms with Crippen molar-refractivity contribution in [2.24, 2.45) is 27.1 Å². The third-order valence-corrected chi connectivity index (χ3v) is 8.46. The van der Waals surface area contributed by atoms with Crippen LogP contribution in [0.15, 0.2) is 97.1 Å². The van der Waals surface area contributed by atoms with E-state index in [1.165, 1.54) is 21.1 Å². The first-order valence-electron chi connectivity index (χ1n) is 17.2. The van der Waals surface area contributed by atoms with Gasteiger partial charge in [0.15, 0.2) is 0 Å². The number of nitrogens with zero attached hydrogens (tertiary/aromatic N) is 9. The van der Waals surface area contributed by atoms with Crippen LogP contribution in [0.5, 0.6) is 0 Å². The van der Waals surface area contributed by atoms with Crippen molar-refractivity contribution in [2.75, 3.05) is 0 Å². The fourth-order valence-electron chi connectivity index (χ4n) is 5.54. The van der Waals surface area contributed by atoms with Gasteiger partial charge in [0.1, 0.15) is 0 Å². The predicted octanol–water partition coefficient (Wildman–Crippen LogP) is -0.710. The van der Waals surface area contributed by atoms with Crippen LogP contribution in [0, 0.1) is 11.3 Å². The minimum Gasteiger partial charge on any atom is -0.268 e. The van der Waals surface area contributed by atoms with Gasteiger partial charge >= 0.3 is 45.5 Å². The molecule has 0 aliphatic rings. The monoisotopic (exact) mass is 750 g/mol. The SMILES string of the molecule is C=C(C)Cn1c(=O)n(C/C(C)=C/C=C(\C)Cn2c(=N)n(C)c(=O)n(C/C(C)=C/C=C(\C)Cn3c(=O)n(C)c(=O)n(C)c3=O)c2=O)c(=O)n(CC(C)C)c1=O. The number of hydrogen-bond acceptors (Lipinski definition) is 9. The van der Waals surface area contributed by atoms with Crippen molar-refractivity contribution in [3.63, 3.8) is 0 Å². The van der Waals surface area contributed by atoms with Crippen molar-refractivity contribution in [3.05, 3.63) is 148 Å². The van der Waals surface area contributed by atoms with E-state index in [0.717, 1.165) is 41.1 Å². The van der Waals surface area contributed by atoms with Crippen LogP contribution in [-0.2, 0) is 60.4 Å². The second-order valence-electron chi connectivity index (χ2n) is 14.2. The molecule has 1 N–H and O–H groups in total. The maximum Gasteiger partial charge on any atom is 0.336 e. The average Bonchev–Trinajstić information content (AvgIpc) is 3.11. The lowest BCUT2D eigenvalue weighted by molar-refractivity contribution is 0.422. The van der Waals surface area contributed by atoms with Gasteiger partial charge in [0.25, 0.3) is 0 Å². The Morgan fingerprint density at radius 1 is 0.481 bits per heavy atom. The number of hydrogen-bond donors (Lipinski definition) is 1. The molecule has 0 saturated heterocycles. The summed E-state index contributed by atoms with van der Waals surface area (Å²) in [4.78, 5) is 103. The highest BCUT2D eigenvalue weighted by Crippen LogP contribution is 2.03. The molecule has 0 fully saturated rings. The Kier molecular flexibility index (Phi) is 13.5. The van der Waals surface area contributed by atoms with E-state index < -0.39 is 45.5 Å². The van der Waals surface area contributed by atoms with E-state index in [1.807, 2.05) is 13.8 Å². The van der Waals surface area contributed by atoms with Crippen LogP contribution in [-0.4, -0.2) is 41.1 Å². The first kappa shape index (κ1) is 42.3. The van der Waals surface area contributed by atoms with E-state index >= 15 is 0 Å². The molecule has 0 saturated carbocycles. The quantitative estimate of drug-likeness (QED) is 0.164. The van der Waals surface area contributed by atoms with Crippen LogP contribution in [0.25, 0.3) is 0 Å². The summed E-state index contributed by atoms with van der Waals surface area (Å²) in [5.41, 5.74) is -3.18. The zero-order valence-corrected chi connectivity index (χ0v) is 32.6. The van der Waals surface area contributed by atoms with Gasteiger partial charge in [-0.2, -0.15) is 0 Å². The molecular formula is C36H50N10O8. The van der Waals surface area contributed by atoms with Crippen LogP contribution in [0.3, 0.4) is 0 Å². The van der Waals surface area contributed by atoms with E-state index in [2.05, 4.69) is 6.58 Å². The highest BCUT2D eigenvalue weighted by Gasteiger charge is 2.17. The van der Waals surface area contributed by atoms with Crippen LogP contribution >= 0.6 is 0 Å². The molecule has 0 aliphatic heterocycles. The Labute approximate surface area is 309 Å². The Balaban J connectivity index is 1.93. The van der Waals surface area contributed by atoms with Gasteiger partial charge < -0.3 is 0 Å². The number of nitrogens with one attached hydrogen (secondary N) is 1. The van der Waals surface area contributed by atoms with Crippen LogP contribution in [0.2, 0.25) is 0 Å². The third-order valence-electron chi connectivity index (χ3n) is 8.46. The topological polar surface area (TPSA) is 205 Å². The molecule has 3 heterocycles. The molecule has 54 heavy (non-hydrogen) atoms. The predicted molar refractivity (Wildman–Crippen MR) is 205 cm³/mol. The lowest BCUT2D eigenvalue weighted by Gasteiger charge is -2.15. The van der Waals surface area contributed by atoms with E-state index in [-0.39, 0.29) is 50.8 Å². The molecule has 0 amide bonds. The molecule has 0 spiro atoms. The lowest BCUT2D eigenvalue weighted by Crippen LogP contribution is -2.55. The van der Waals surface area contributed by atoms with Crippen molar-refractivity contribution in [1.29, 1.82) is 5.41 Å². The van der Waals surface area contributed by atoms with Crippen molar-refractivity contribution in [2.45, 2.75) is 87.7 Å². The Morgan fingerprint density at radius 2 is 0.778 bits per heavy atom. The van der Waals surface area contributed by atoms with Crippen molar-refractivity contribution < 1.29 is 0 Å². The minimum absolute atomic E-state index is 0.0277. The summed E-state index contributed by atoms with van der Waals surface area (Å²) in [5, 5.41) is 8.50. The van der Waals surface area contributed by atoms with Gasteiger partial charge in [0.05, 0.1) is 32.7 Å². The van der Waals surface area contributed by atoms with Crippen LogP contribution < -0.4 is 51.1 Å². The summed E-state index contributed by atoms with van der Waals surface area (Å²) in [7, 11) is 3.93. The molecule has 18 heteroatoms. The molecule has 292 valence electrons. The molecule has 0 aromatic carbocycles. The van der Waals surface area contributed by atoms with Gasteiger partial charge in [-0.25, -0.2) is 70.3 Å². The van der Waals surface area contributed by atoms with Gasteiger partial charge in [0.2, 0.25) is 5.62 Å². The summed E-state index contributed by atoms with van der Waals surface area (Å²) in [5.74, 6) is -0.0277. The van der Waals surface area contributed by atoms with E-state index in [4.69, 9.17) is 5.41 Å². The second kappa shape index (κ2) is 17.2. The molecule has 0 aliphatic carbocycles. The molecule has 0 bridgehead atoms. The summed E-state index contributed by atoms with van der Waals surface area (Å²) >= 11 is 0. The van der Waals surface area contributed by atoms with Crippen molar-refractivity contribution in [3.8, 4) is 0 Å². The highest BCUT2D eigenvalue weighted by atomic mass is 16.2. The fourth-order valence-corrected chi connectivity index (χ4v) is 5.54. The molecule has 0 unspecified atom stereocenters. The summed E-state index contributed by atoms with van der Waals surface area (Å²) in [6, 6.07) is 0. The van der Waals surface area contributed by atoms with Gasteiger partial charge in [-0.05, 0) is 40.5 Å². The van der Waals surface area contributed by atoms with Crippen LogP contribution in [0.4, 0.5) is 0 Å². The summed E-state index contributed by atoms with van der Waals surface area (Å²) in [6.07, 6.45) is 6.64. The first-order valence-corrected chi connectivity index (χ1v) is 17.2. The Morgan fingerprint density at radius 3 is 1.17 bits per heavy atom. The maximum absolute atomic E-state index is 13.6. The number of aromatic nitrogens is 9. The fraction of sp³-hybridized carbons (Fsp3) is 0.472. The van der Waals surface area contributed by atoms with Gasteiger partial charge in [-0.1, -0.05) is 72.6 Å². The molecule has 0 radical (unpaired) electrons. The second-order valence-corrected chi connectivity index (χ2v) is 14.2. The van der Waals surface area contributed by atoms with E-state index in [0.29, 0.717) is 27.9 Å². The first-order chi connectivity index (χ1) is 25.1. The summed E-state index contributed by atoms with van der Waals surface area (Å²) < 4.78 is 8.81. The van der Waals surface area contributed by atoms with Crippen molar-refractivity contribution >= 4 is 0 Å². The zero-order valence-electron chi connectivity index (χ0n) is 32.6. The number of rotatable bonds is 14. The normalized spacial score (nSPS) is 12.9. The molecule has 18 nitrogen and oxygen atoms in total. The van der Waals surface area contributed by atoms with E-state index in [9.17, 15) is 38.4 Å². The Bertz CT molecular complexity index is 2630. The number of allylic oxidation sites excluding steroid dienone is 9. The standard InChI is InChI=1S/C36H50N10O8/c1-22(2)16-42-34(52)43(17-23(3)4)36(54)46(35(42)53)21-27(8)13-12-24(5)18-41-28(37)38(9)30(48)45(33(41)51)20-26(7)15-14-25(6)19-44-31(49)39(10)29(47)40(11)32(44)50/h12-15,23,37H,1,16-21H2,2-11H3/b24-12+,25-14+,26-15+,27-13+,37-28?. The smallest absolute Gasteiger partial charge is 0.268 e. The highest BCUT2D eigenvalue weighted by molar-refractivity contribution is 5.17. The lowest BCUT2D eigenvalue weighted by atomic mass is 10.2. The summed E-state index contributed by atoms with van der Waals surface area (Å²) in [6.45, 7) is 15.8. The van der Waals surface area contributed by atoms with Crippen LogP contribution in [0.1, 0.15) is 48.5 Å². The zero-order chi connectivity index (χ0) is 40.9. The maximum atomic E-state index is 13.6. The molecule has 3 aromatic rings. The molecule has 3 rings (SSSR count). The average molecular weight is 751 g/mol. The van der Waals surface area contributed by atoms with Crippen molar-refractivity contribution in [1.82, 2.24) is 41.1 Å². The van der Waals surface area contributed by atoms with Gasteiger partial charge in [-0.15, -0.1) is 0 Å². The van der Waals surface area contributed by atoms with Gasteiger partial charge in [0, 0.05) is 27.7 Å². The Hall–Kier alpha value is -6.07. The van der Waals surface area contributed by atoms with Gasteiger partial charge in [-0.3, -0.25) is 14.5 Å².